The van der Waals surface area contributed by atoms with Crippen LogP contribution >= 0.6 is 0 Å². The molecule has 2 atom stereocenters. The van der Waals surface area contributed by atoms with E-state index in [1.165, 1.54) is 0 Å². The Morgan fingerprint density at radius 3 is 2.21 bits per heavy atom. The second kappa shape index (κ2) is 7.09. The Balaban J connectivity index is 4.60. The standard InChI is InChI=1S/C12H25NO5S/c1-7-8-10(9(2)18-19(6,15)16)13-11(14)17-12(3,4)5/h9-10H,7-8H2,1-6H3,(H,13,14)/t9-,10+/m1/s1. The predicted molar refractivity (Wildman–Crippen MR) is 73.5 cm³/mol. The summed E-state index contributed by atoms with van der Waals surface area (Å²) in [5, 5.41) is 2.65. The molecule has 19 heavy (non-hydrogen) atoms. The molecule has 0 unspecified atom stereocenters. The Hall–Kier alpha value is -0.820. The molecule has 0 saturated heterocycles. The third-order valence-corrected chi connectivity index (χ3v) is 2.85. The summed E-state index contributed by atoms with van der Waals surface area (Å²) >= 11 is 0. The van der Waals surface area contributed by atoms with Crippen molar-refractivity contribution in [1.29, 1.82) is 0 Å². The molecule has 1 amide bonds. The quantitative estimate of drug-likeness (QED) is 0.758. The van der Waals surface area contributed by atoms with Gasteiger partial charge in [-0.1, -0.05) is 13.3 Å². The van der Waals surface area contributed by atoms with Crippen molar-refractivity contribution >= 4 is 16.2 Å². The van der Waals surface area contributed by atoms with Gasteiger partial charge in [0.1, 0.15) is 5.60 Å². The second-order valence-corrected chi connectivity index (χ2v) is 7.15. The topological polar surface area (TPSA) is 81.7 Å². The maximum absolute atomic E-state index is 11.7. The molecule has 0 aliphatic carbocycles. The number of nitrogens with one attached hydrogen (secondary N) is 1. The van der Waals surface area contributed by atoms with Gasteiger partial charge in [-0.25, -0.2) is 4.79 Å². The number of carbonyl (C=O) groups is 1. The largest absolute Gasteiger partial charge is 0.444 e. The summed E-state index contributed by atoms with van der Waals surface area (Å²) in [7, 11) is -3.55. The SMILES string of the molecule is CCC[C@H](NC(=O)OC(C)(C)C)[C@@H](C)OS(C)(=O)=O. The van der Waals surface area contributed by atoms with Crippen molar-refractivity contribution in [3.8, 4) is 0 Å². The van der Waals surface area contributed by atoms with Crippen LogP contribution in [0, 0.1) is 0 Å². The van der Waals surface area contributed by atoms with E-state index in [1.54, 1.807) is 27.7 Å². The zero-order chi connectivity index (χ0) is 15.3. The molecule has 0 fully saturated rings. The van der Waals surface area contributed by atoms with Crippen LogP contribution in [0.3, 0.4) is 0 Å². The van der Waals surface area contributed by atoms with Gasteiger partial charge >= 0.3 is 6.09 Å². The van der Waals surface area contributed by atoms with E-state index in [4.69, 9.17) is 8.92 Å². The number of alkyl carbamates (subject to hydrolysis) is 1. The Kier molecular flexibility index (Phi) is 6.79. The van der Waals surface area contributed by atoms with E-state index in [0.29, 0.717) is 6.42 Å². The molecule has 0 rings (SSSR count). The summed E-state index contributed by atoms with van der Waals surface area (Å²) in [6, 6.07) is -0.408. The normalized spacial score (nSPS) is 15.7. The van der Waals surface area contributed by atoms with Gasteiger partial charge in [-0.15, -0.1) is 0 Å². The van der Waals surface area contributed by atoms with Gasteiger partial charge in [0.15, 0.2) is 0 Å². The van der Waals surface area contributed by atoms with Gasteiger partial charge in [0.05, 0.1) is 18.4 Å². The fourth-order valence-corrected chi connectivity index (χ4v) is 2.22. The van der Waals surface area contributed by atoms with E-state index in [9.17, 15) is 13.2 Å². The highest BCUT2D eigenvalue weighted by Crippen LogP contribution is 2.11. The molecule has 0 aromatic carbocycles. The summed E-state index contributed by atoms with van der Waals surface area (Å²) in [4.78, 5) is 11.7. The lowest BCUT2D eigenvalue weighted by molar-refractivity contribution is 0.0451. The number of rotatable bonds is 6. The monoisotopic (exact) mass is 295 g/mol. The molecule has 0 aliphatic heterocycles. The molecule has 0 radical (unpaired) electrons. The molecule has 0 aromatic heterocycles. The highest BCUT2D eigenvalue weighted by Gasteiger charge is 2.25. The van der Waals surface area contributed by atoms with Crippen LogP contribution in [0.2, 0.25) is 0 Å². The summed E-state index contributed by atoms with van der Waals surface area (Å²) in [6.07, 6.45) is 1.17. The van der Waals surface area contributed by atoms with Gasteiger partial charge < -0.3 is 10.1 Å². The summed E-state index contributed by atoms with van der Waals surface area (Å²) < 4.78 is 32.2. The lowest BCUT2D eigenvalue weighted by Gasteiger charge is -2.26. The number of hydrogen-bond acceptors (Lipinski definition) is 5. The molecule has 0 spiro atoms. The smallest absolute Gasteiger partial charge is 0.407 e. The van der Waals surface area contributed by atoms with Crippen molar-refractivity contribution in [2.75, 3.05) is 6.26 Å². The third-order valence-electron chi connectivity index (χ3n) is 2.20. The lowest BCUT2D eigenvalue weighted by Crippen LogP contribution is -2.45. The summed E-state index contributed by atoms with van der Waals surface area (Å²) in [5.41, 5.74) is -0.595. The van der Waals surface area contributed by atoms with Crippen LogP contribution in [0.1, 0.15) is 47.5 Å². The Morgan fingerprint density at radius 2 is 1.84 bits per heavy atom. The van der Waals surface area contributed by atoms with Crippen LogP contribution in [0.15, 0.2) is 0 Å². The van der Waals surface area contributed by atoms with Crippen molar-refractivity contribution in [3.63, 3.8) is 0 Å². The first-order valence-corrected chi connectivity index (χ1v) is 8.14. The summed E-state index contributed by atoms with van der Waals surface area (Å²) in [5.74, 6) is 0. The molecule has 0 saturated carbocycles. The lowest BCUT2D eigenvalue weighted by atomic mass is 10.1. The Bertz CT molecular complexity index is 385. The van der Waals surface area contributed by atoms with Crippen molar-refractivity contribution in [3.05, 3.63) is 0 Å². The number of hydrogen-bond donors (Lipinski definition) is 1. The first kappa shape index (κ1) is 18.2. The molecule has 114 valence electrons. The van der Waals surface area contributed by atoms with E-state index >= 15 is 0 Å². The molecular weight excluding hydrogens is 270 g/mol. The minimum atomic E-state index is -3.55. The molecular formula is C12H25NO5S. The molecule has 7 heteroatoms. The van der Waals surface area contributed by atoms with Gasteiger partial charge in [-0.2, -0.15) is 8.42 Å². The molecule has 6 nitrogen and oxygen atoms in total. The second-order valence-electron chi connectivity index (χ2n) is 5.55. The van der Waals surface area contributed by atoms with Gasteiger partial charge in [-0.05, 0) is 34.1 Å². The number of carbonyl (C=O) groups excluding carboxylic acids is 1. The van der Waals surface area contributed by atoms with Crippen LogP contribution in [0.25, 0.3) is 0 Å². The molecule has 0 aliphatic rings. The van der Waals surface area contributed by atoms with Crippen molar-refractivity contribution in [1.82, 2.24) is 5.32 Å². The predicted octanol–water partition coefficient (Wildman–Crippen LogP) is 2.04. The average molecular weight is 295 g/mol. The first-order valence-electron chi connectivity index (χ1n) is 6.32. The zero-order valence-electron chi connectivity index (χ0n) is 12.5. The highest BCUT2D eigenvalue weighted by molar-refractivity contribution is 7.86. The van der Waals surface area contributed by atoms with Crippen LogP contribution in [0.4, 0.5) is 4.79 Å². The minimum Gasteiger partial charge on any atom is -0.444 e. The fourth-order valence-electron chi connectivity index (χ4n) is 1.54. The Labute approximate surface area is 116 Å². The van der Waals surface area contributed by atoms with Gasteiger partial charge in [0, 0.05) is 0 Å². The first-order chi connectivity index (χ1) is 8.44. The molecule has 0 aromatic rings. The van der Waals surface area contributed by atoms with Crippen molar-refractivity contribution in [2.24, 2.45) is 0 Å². The zero-order valence-corrected chi connectivity index (χ0v) is 13.3. The maximum Gasteiger partial charge on any atom is 0.407 e. The highest BCUT2D eigenvalue weighted by atomic mass is 32.2. The third kappa shape index (κ3) is 9.72. The molecule has 0 heterocycles. The minimum absolute atomic E-state index is 0.408. The van der Waals surface area contributed by atoms with E-state index < -0.39 is 34.0 Å². The van der Waals surface area contributed by atoms with E-state index in [2.05, 4.69) is 5.32 Å². The maximum atomic E-state index is 11.7. The summed E-state index contributed by atoms with van der Waals surface area (Å²) in [6.45, 7) is 8.84. The fraction of sp³-hybridized carbons (Fsp3) is 0.917. The Morgan fingerprint density at radius 1 is 1.32 bits per heavy atom. The van der Waals surface area contributed by atoms with E-state index in [-0.39, 0.29) is 0 Å². The van der Waals surface area contributed by atoms with E-state index in [0.717, 1.165) is 12.7 Å². The van der Waals surface area contributed by atoms with Crippen molar-refractivity contribution in [2.45, 2.75) is 65.2 Å². The van der Waals surface area contributed by atoms with Crippen LogP contribution in [-0.2, 0) is 19.0 Å². The number of ether oxygens (including phenoxy) is 1. The molecule has 0 bridgehead atoms. The number of amides is 1. The van der Waals surface area contributed by atoms with Crippen LogP contribution < -0.4 is 5.32 Å². The average Bonchev–Trinajstić information content (AvgIpc) is 2.10. The van der Waals surface area contributed by atoms with Crippen LogP contribution in [0.5, 0.6) is 0 Å². The van der Waals surface area contributed by atoms with Gasteiger partial charge in [-0.3, -0.25) is 4.18 Å². The molecule has 1 N–H and O–H groups in total. The van der Waals surface area contributed by atoms with Gasteiger partial charge in [0.2, 0.25) is 0 Å². The van der Waals surface area contributed by atoms with E-state index in [1.807, 2.05) is 6.92 Å². The van der Waals surface area contributed by atoms with Crippen molar-refractivity contribution < 1.29 is 22.1 Å². The van der Waals surface area contributed by atoms with Crippen LogP contribution in [-0.4, -0.2) is 38.5 Å². The van der Waals surface area contributed by atoms with Gasteiger partial charge in [0.25, 0.3) is 10.1 Å².